The van der Waals surface area contributed by atoms with Crippen molar-refractivity contribution in [3.8, 4) is 11.5 Å². The molecule has 31 heavy (non-hydrogen) atoms. The number of ether oxygens (including phenoxy) is 2. The van der Waals surface area contributed by atoms with Crippen molar-refractivity contribution in [3.63, 3.8) is 0 Å². The number of unbranched alkanes of at least 4 members (excludes halogenated alkanes) is 3. The quantitative estimate of drug-likeness (QED) is 0.361. The summed E-state index contributed by atoms with van der Waals surface area (Å²) >= 11 is 1.74. The van der Waals surface area contributed by atoms with Crippen LogP contribution in [0.3, 0.4) is 0 Å². The maximum atomic E-state index is 6.44. The topological polar surface area (TPSA) is 34.1 Å². The van der Waals surface area contributed by atoms with Crippen molar-refractivity contribution in [3.05, 3.63) is 82.0 Å². The van der Waals surface area contributed by atoms with Gasteiger partial charge in [0.2, 0.25) is 6.23 Å². The number of para-hydroxylation sites is 1. The molecule has 0 saturated heterocycles. The Morgan fingerprint density at radius 1 is 1.03 bits per heavy atom. The first kappa shape index (κ1) is 20.1. The minimum absolute atomic E-state index is 0.196. The van der Waals surface area contributed by atoms with Crippen molar-refractivity contribution in [2.75, 3.05) is 6.61 Å². The van der Waals surface area contributed by atoms with E-state index in [2.05, 4.69) is 59.8 Å². The highest BCUT2D eigenvalue weighted by Gasteiger charge is 2.40. The van der Waals surface area contributed by atoms with Crippen molar-refractivity contribution in [2.45, 2.75) is 51.3 Å². The fourth-order valence-electron chi connectivity index (χ4n) is 4.29. The molecule has 0 saturated carbocycles. The van der Waals surface area contributed by atoms with Gasteiger partial charge in [-0.3, -0.25) is 0 Å². The second kappa shape index (κ2) is 9.15. The Labute approximate surface area is 188 Å². The first-order chi connectivity index (χ1) is 15.3. The molecule has 0 amide bonds. The van der Waals surface area contributed by atoms with Gasteiger partial charge in [-0.2, -0.15) is 5.10 Å². The molecule has 2 aliphatic rings. The van der Waals surface area contributed by atoms with Gasteiger partial charge in [0.1, 0.15) is 11.5 Å². The average Bonchev–Trinajstić information content (AvgIpc) is 3.49. The van der Waals surface area contributed by atoms with E-state index in [0.29, 0.717) is 0 Å². The molecule has 2 aromatic carbocycles. The van der Waals surface area contributed by atoms with E-state index < -0.39 is 0 Å². The van der Waals surface area contributed by atoms with Crippen LogP contribution in [0.2, 0.25) is 0 Å². The van der Waals surface area contributed by atoms with E-state index in [1.54, 1.807) is 11.3 Å². The summed E-state index contributed by atoms with van der Waals surface area (Å²) in [5.41, 5.74) is 3.44. The zero-order valence-corrected chi connectivity index (χ0v) is 18.7. The minimum atomic E-state index is -0.240. The van der Waals surface area contributed by atoms with Gasteiger partial charge in [-0.25, -0.2) is 5.01 Å². The lowest BCUT2D eigenvalue weighted by Gasteiger charge is -2.38. The molecule has 0 aliphatic carbocycles. The fraction of sp³-hybridized carbons (Fsp3) is 0.346. The van der Waals surface area contributed by atoms with Crippen LogP contribution in [0, 0.1) is 0 Å². The van der Waals surface area contributed by atoms with Gasteiger partial charge in [-0.1, -0.05) is 50.5 Å². The van der Waals surface area contributed by atoms with Gasteiger partial charge < -0.3 is 9.47 Å². The zero-order valence-electron chi connectivity index (χ0n) is 17.9. The van der Waals surface area contributed by atoms with Gasteiger partial charge in [-0.15, -0.1) is 11.3 Å². The Morgan fingerprint density at radius 3 is 2.71 bits per heavy atom. The van der Waals surface area contributed by atoms with Crippen molar-refractivity contribution in [2.24, 2.45) is 5.10 Å². The van der Waals surface area contributed by atoms with Gasteiger partial charge in [-0.05, 0) is 48.2 Å². The molecule has 0 unspecified atom stereocenters. The van der Waals surface area contributed by atoms with Gasteiger partial charge in [0.05, 0.1) is 23.2 Å². The summed E-state index contributed by atoms with van der Waals surface area (Å²) in [6, 6.07) is 21.1. The molecule has 3 aromatic rings. The molecular formula is C26H28N2O2S. The molecule has 0 spiro atoms. The Balaban J connectivity index is 1.37. The third kappa shape index (κ3) is 4.19. The van der Waals surface area contributed by atoms with Crippen molar-refractivity contribution in [1.82, 2.24) is 5.01 Å². The van der Waals surface area contributed by atoms with Crippen molar-refractivity contribution >= 4 is 17.0 Å². The smallest absolute Gasteiger partial charge is 0.213 e. The number of hydrogen-bond donors (Lipinski definition) is 0. The predicted molar refractivity (Wildman–Crippen MR) is 126 cm³/mol. The van der Waals surface area contributed by atoms with E-state index in [1.165, 1.54) is 29.7 Å². The molecule has 0 N–H and O–H groups in total. The number of rotatable bonds is 8. The average molecular weight is 433 g/mol. The van der Waals surface area contributed by atoms with Crippen LogP contribution < -0.4 is 9.47 Å². The maximum absolute atomic E-state index is 6.44. The fourth-order valence-corrected chi connectivity index (χ4v) is 5.01. The Hall–Kier alpha value is -2.79. The first-order valence-corrected chi connectivity index (χ1v) is 12.1. The Kier molecular flexibility index (Phi) is 5.94. The van der Waals surface area contributed by atoms with Crippen LogP contribution in [-0.2, 0) is 0 Å². The highest BCUT2D eigenvalue weighted by Crippen LogP contribution is 2.47. The monoisotopic (exact) mass is 432 g/mol. The first-order valence-electron chi connectivity index (χ1n) is 11.2. The van der Waals surface area contributed by atoms with E-state index in [4.69, 9.17) is 14.6 Å². The molecule has 2 aliphatic heterocycles. The normalized spacial score (nSPS) is 19.4. The molecule has 160 valence electrons. The summed E-state index contributed by atoms with van der Waals surface area (Å²) in [7, 11) is 0. The molecule has 4 nitrogen and oxygen atoms in total. The maximum Gasteiger partial charge on any atom is 0.213 e. The Bertz CT molecular complexity index is 1030. The predicted octanol–water partition coefficient (Wildman–Crippen LogP) is 6.95. The largest absolute Gasteiger partial charge is 0.494 e. The summed E-state index contributed by atoms with van der Waals surface area (Å²) in [5, 5.41) is 9.26. The zero-order chi connectivity index (χ0) is 21.0. The van der Waals surface area contributed by atoms with Crippen LogP contribution in [0.15, 0.2) is 71.1 Å². The molecule has 5 rings (SSSR count). The number of fused-ring (bicyclic) bond motifs is 3. The van der Waals surface area contributed by atoms with E-state index in [9.17, 15) is 0 Å². The van der Waals surface area contributed by atoms with Crippen LogP contribution in [0.25, 0.3) is 0 Å². The summed E-state index contributed by atoms with van der Waals surface area (Å²) in [5.74, 6) is 1.87. The summed E-state index contributed by atoms with van der Waals surface area (Å²) < 4.78 is 12.4. The minimum Gasteiger partial charge on any atom is -0.494 e. The van der Waals surface area contributed by atoms with E-state index in [1.807, 2.05) is 18.2 Å². The standard InChI is InChI=1S/C26H28N2O2S/c1-2-3-4-7-16-29-20-14-12-19(13-15-20)26-28-23(21-9-5-6-10-24(21)30-26)18-22(27-28)25-11-8-17-31-25/h5-6,8-15,17,23,26H,2-4,7,16,18H2,1H3/t23-,26+/m0/s1. The molecule has 0 radical (unpaired) electrons. The summed E-state index contributed by atoms with van der Waals surface area (Å²) in [6.07, 6.45) is 5.51. The third-order valence-corrected chi connectivity index (χ3v) is 6.86. The second-order valence-electron chi connectivity index (χ2n) is 8.11. The lowest BCUT2D eigenvalue weighted by Crippen LogP contribution is -2.33. The van der Waals surface area contributed by atoms with Crippen LogP contribution in [0.4, 0.5) is 0 Å². The number of thiophene rings is 1. The Morgan fingerprint density at radius 2 is 1.90 bits per heavy atom. The third-order valence-electron chi connectivity index (χ3n) is 5.94. The molecular weight excluding hydrogens is 404 g/mol. The number of benzene rings is 2. The van der Waals surface area contributed by atoms with E-state index in [-0.39, 0.29) is 12.3 Å². The highest BCUT2D eigenvalue weighted by atomic mass is 32.1. The SMILES string of the molecule is CCCCCCOc1ccc([C@H]2Oc3ccccc3[C@@H]3CC(c4cccs4)=NN23)cc1. The summed E-state index contributed by atoms with van der Waals surface area (Å²) in [6.45, 7) is 3.00. The van der Waals surface area contributed by atoms with Crippen LogP contribution in [-0.4, -0.2) is 17.3 Å². The number of nitrogens with zero attached hydrogens (tertiary/aromatic N) is 2. The summed E-state index contributed by atoms with van der Waals surface area (Å²) in [4.78, 5) is 1.23. The van der Waals surface area contributed by atoms with Crippen LogP contribution in [0.5, 0.6) is 11.5 Å². The molecule has 0 bridgehead atoms. The van der Waals surface area contributed by atoms with Gasteiger partial charge in [0.15, 0.2) is 0 Å². The highest BCUT2D eigenvalue weighted by molar-refractivity contribution is 7.12. The molecule has 0 fully saturated rings. The van der Waals surface area contributed by atoms with E-state index >= 15 is 0 Å². The molecule has 2 atom stereocenters. The second-order valence-corrected chi connectivity index (χ2v) is 9.06. The van der Waals surface area contributed by atoms with Gasteiger partial charge in [0.25, 0.3) is 0 Å². The van der Waals surface area contributed by atoms with Gasteiger partial charge in [0, 0.05) is 17.5 Å². The van der Waals surface area contributed by atoms with Crippen molar-refractivity contribution in [1.29, 1.82) is 0 Å². The molecule has 3 heterocycles. The lowest BCUT2D eigenvalue weighted by atomic mass is 9.98. The van der Waals surface area contributed by atoms with Crippen LogP contribution in [0.1, 0.15) is 67.3 Å². The molecule has 5 heteroatoms. The van der Waals surface area contributed by atoms with Gasteiger partial charge >= 0.3 is 0 Å². The van der Waals surface area contributed by atoms with Crippen molar-refractivity contribution < 1.29 is 9.47 Å². The van der Waals surface area contributed by atoms with Crippen LogP contribution >= 0.6 is 11.3 Å². The number of hydrogen-bond acceptors (Lipinski definition) is 5. The molecule has 1 aromatic heterocycles. The lowest BCUT2D eigenvalue weighted by molar-refractivity contribution is -0.0190. The van der Waals surface area contributed by atoms with E-state index in [0.717, 1.165) is 42.2 Å². The number of hydrazone groups is 1.